The molecular weight excluding hydrogens is 212 g/mol. The van der Waals surface area contributed by atoms with E-state index in [0.717, 1.165) is 6.42 Å². The van der Waals surface area contributed by atoms with Crippen molar-refractivity contribution in [2.75, 3.05) is 13.7 Å². The monoisotopic (exact) mass is 232 g/mol. The van der Waals surface area contributed by atoms with Crippen LogP contribution < -0.4 is 0 Å². The maximum atomic E-state index is 11.9. The molecule has 1 aliphatic rings. The van der Waals surface area contributed by atoms with Crippen molar-refractivity contribution in [3.63, 3.8) is 0 Å². The number of methoxy groups -OCH3 is 1. The van der Waals surface area contributed by atoms with Crippen LogP contribution in [-0.4, -0.2) is 19.5 Å². The molecule has 0 saturated carbocycles. The Hall–Kier alpha value is -1.15. The predicted molar refractivity (Wildman–Crippen MR) is 68.2 cm³/mol. The summed E-state index contributed by atoms with van der Waals surface area (Å²) in [6.45, 7) is 2.74. The number of rotatable bonds is 6. The number of ketones is 1. The van der Waals surface area contributed by atoms with E-state index in [2.05, 4.69) is 31.2 Å². The van der Waals surface area contributed by atoms with Gasteiger partial charge in [0.25, 0.3) is 0 Å². The lowest BCUT2D eigenvalue weighted by Gasteiger charge is -2.29. The number of hydrogen-bond donors (Lipinski definition) is 0. The van der Waals surface area contributed by atoms with E-state index in [1.54, 1.807) is 7.11 Å². The summed E-state index contributed by atoms with van der Waals surface area (Å²) in [7, 11) is 1.68. The molecule has 2 heteroatoms. The summed E-state index contributed by atoms with van der Waals surface area (Å²) in [5.74, 6) is 1.17. The van der Waals surface area contributed by atoms with E-state index in [4.69, 9.17) is 4.74 Å². The summed E-state index contributed by atoms with van der Waals surface area (Å²) < 4.78 is 5.05. The van der Waals surface area contributed by atoms with Crippen LogP contribution in [0.25, 0.3) is 0 Å². The summed E-state index contributed by atoms with van der Waals surface area (Å²) in [6, 6.07) is 8.43. The molecule has 0 aromatic heterocycles. The average molecular weight is 232 g/mol. The van der Waals surface area contributed by atoms with Crippen LogP contribution in [-0.2, 0) is 16.0 Å². The molecule has 2 rings (SSSR count). The van der Waals surface area contributed by atoms with Gasteiger partial charge in [0.05, 0.1) is 0 Å². The molecule has 2 unspecified atom stereocenters. The first-order valence-electron chi connectivity index (χ1n) is 6.29. The molecule has 0 saturated heterocycles. The van der Waals surface area contributed by atoms with Gasteiger partial charge in [-0.25, -0.2) is 0 Å². The minimum absolute atomic E-state index is 0.336. The SMILES string of the molecule is COCC(C)CC(=O)CC1Cc2ccccc21. The third-order valence-corrected chi connectivity index (χ3v) is 3.46. The summed E-state index contributed by atoms with van der Waals surface area (Å²) in [4.78, 5) is 11.9. The molecule has 17 heavy (non-hydrogen) atoms. The maximum absolute atomic E-state index is 11.9. The third-order valence-electron chi connectivity index (χ3n) is 3.46. The molecule has 1 aromatic rings. The van der Waals surface area contributed by atoms with E-state index in [9.17, 15) is 4.79 Å². The lowest BCUT2D eigenvalue weighted by molar-refractivity contribution is -0.120. The molecule has 0 amide bonds. The highest BCUT2D eigenvalue weighted by Gasteiger charge is 2.27. The molecule has 0 bridgehead atoms. The van der Waals surface area contributed by atoms with Crippen LogP contribution in [0.1, 0.15) is 36.8 Å². The third kappa shape index (κ3) is 2.95. The van der Waals surface area contributed by atoms with Crippen molar-refractivity contribution in [3.8, 4) is 0 Å². The van der Waals surface area contributed by atoms with Crippen molar-refractivity contribution in [1.82, 2.24) is 0 Å². The van der Waals surface area contributed by atoms with Gasteiger partial charge in [-0.15, -0.1) is 0 Å². The van der Waals surface area contributed by atoms with E-state index in [0.29, 0.717) is 37.1 Å². The Kier molecular flexibility index (Phi) is 3.95. The van der Waals surface area contributed by atoms with Crippen molar-refractivity contribution in [2.45, 2.75) is 32.1 Å². The van der Waals surface area contributed by atoms with E-state index in [1.165, 1.54) is 11.1 Å². The number of hydrogen-bond acceptors (Lipinski definition) is 2. The molecule has 0 radical (unpaired) electrons. The first kappa shape index (κ1) is 12.3. The predicted octanol–water partition coefficient (Wildman–Crippen LogP) is 2.96. The van der Waals surface area contributed by atoms with Gasteiger partial charge >= 0.3 is 0 Å². The number of Topliss-reactive ketones (excluding diaryl/α,β-unsaturated/α-hetero) is 1. The van der Waals surface area contributed by atoms with Gasteiger partial charge in [-0.1, -0.05) is 31.2 Å². The molecule has 0 N–H and O–H groups in total. The van der Waals surface area contributed by atoms with Crippen LogP contribution in [0.2, 0.25) is 0 Å². The molecule has 92 valence electrons. The summed E-state index contributed by atoms with van der Waals surface area (Å²) in [5.41, 5.74) is 2.79. The van der Waals surface area contributed by atoms with Crippen LogP contribution in [0, 0.1) is 5.92 Å². The zero-order valence-electron chi connectivity index (χ0n) is 10.6. The first-order valence-corrected chi connectivity index (χ1v) is 6.29. The normalized spacial score (nSPS) is 19.3. The molecule has 1 aromatic carbocycles. The van der Waals surface area contributed by atoms with Crippen LogP contribution in [0.4, 0.5) is 0 Å². The van der Waals surface area contributed by atoms with E-state index < -0.39 is 0 Å². The second kappa shape index (κ2) is 5.46. The fourth-order valence-corrected chi connectivity index (χ4v) is 2.64. The van der Waals surface area contributed by atoms with Crippen molar-refractivity contribution in [3.05, 3.63) is 35.4 Å². The second-order valence-corrected chi connectivity index (χ2v) is 5.11. The summed E-state index contributed by atoms with van der Waals surface area (Å²) >= 11 is 0. The largest absolute Gasteiger partial charge is 0.384 e. The smallest absolute Gasteiger partial charge is 0.133 e. The highest BCUT2D eigenvalue weighted by molar-refractivity contribution is 5.80. The van der Waals surface area contributed by atoms with Crippen molar-refractivity contribution in [1.29, 1.82) is 0 Å². The van der Waals surface area contributed by atoms with Gasteiger partial charge in [0.2, 0.25) is 0 Å². The molecule has 2 nitrogen and oxygen atoms in total. The van der Waals surface area contributed by atoms with E-state index in [-0.39, 0.29) is 0 Å². The Morgan fingerprint density at radius 2 is 2.24 bits per heavy atom. The quantitative estimate of drug-likeness (QED) is 0.753. The fourth-order valence-electron chi connectivity index (χ4n) is 2.64. The number of carbonyl (C=O) groups is 1. The first-order chi connectivity index (χ1) is 8.20. The molecular formula is C15H20O2. The lowest BCUT2D eigenvalue weighted by atomic mass is 9.74. The second-order valence-electron chi connectivity index (χ2n) is 5.11. The van der Waals surface area contributed by atoms with Gasteiger partial charge in [0.1, 0.15) is 5.78 Å². The zero-order chi connectivity index (χ0) is 12.3. The van der Waals surface area contributed by atoms with Gasteiger partial charge in [-0.3, -0.25) is 4.79 Å². The van der Waals surface area contributed by atoms with Crippen LogP contribution in [0.15, 0.2) is 24.3 Å². The lowest BCUT2D eigenvalue weighted by Crippen LogP contribution is -2.21. The zero-order valence-corrected chi connectivity index (χ0v) is 10.6. The minimum Gasteiger partial charge on any atom is -0.384 e. The number of fused-ring (bicyclic) bond motifs is 1. The van der Waals surface area contributed by atoms with E-state index >= 15 is 0 Å². The van der Waals surface area contributed by atoms with Crippen molar-refractivity contribution in [2.24, 2.45) is 5.92 Å². The Labute approximate surface area is 103 Å². The molecule has 0 heterocycles. The molecule has 2 atom stereocenters. The number of ether oxygens (including phenoxy) is 1. The van der Waals surface area contributed by atoms with Gasteiger partial charge in [0, 0.05) is 26.6 Å². The molecule has 0 fully saturated rings. The number of benzene rings is 1. The van der Waals surface area contributed by atoms with Crippen LogP contribution in [0.3, 0.4) is 0 Å². The highest BCUT2D eigenvalue weighted by Crippen LogP contribution is 2.37. The van der Waals surface area contributed by atoms with Gasteiger partial charge in [-0.2, -0.15) is 0 Å². The van der Waals surface area contributed by atoms with Gasteiger partial charge < -0.3 is 4.74 Å². The average Bonchev–Trinajstić information content (AvgIpc) is 2.26. The van der Waals surface area contributed by atoms with Crippen LogP contribution in [0.5, 0.6) is 0 Å². The summed E-state index contributed by atoms with van der Waals surface area (Å²) in [5, 5.41) is 0. The van der Waals surface area contributed by atoms with E-state index in [1.807, 2.05) is 0 Å². The standard InChI is InChI=1S/C15H20O2/c1-11(10-17-2)7-14(16)9-13-8-12-5-3-4-6-15(12)13/h3-6,11,13H,7-10H2,1-2H3. The Morgan fingerprint density at radius 3 is 2.94 bits per heavy atom. The number of carbonyl (C=O) groups excluding carboxylic acids is 1. The minimum atomic E-state index is 0.336. The van der Waals surface area contributed by atoms with Crippen molar-refractivity contribution < 1.29 is 9.53 Å². The van der Waals surface area contributed by atoms with Gasteiger partial charge in [-0.05, 0) is 29.4 Å². The molecule has 1 aliphatic carbocycles. The highest BCUT2D eigenvalue weighted by atomic mass is 16.5. The Morgan fingerprint density at radius 1 is 1.47 bits per heavy atom. The van der Waals surface area contributed by atoms with Gasteiger partial charge in [0.15, 0.2) is 0 Å². The topological polar surface area (TPSA) is 26.3 Å². The maximum Gasteiger partial charge on any atom is 0.133 e. The van der Waals surface area contributed by atoms with Crippen molar-refractivity contribution >= 4 is 5.78 Å². The molecule has 0 aliphatic heterocycles. The van der Waals surface area contributed by atoms with Crippen LogP contribution >= 0.6 is 0 Å². The summed E-state index contributed by atoms with van der Waals surface area (Å²) in [6.07, 6.45) is 2.41. The Balaban J connectivity index is 1.82. The molecule has 0 spiro atoms. The fraction of sp³-hybridized carbons (Fsp3) is 0.533. The Bertz CT molecular complexity index is 398.